The maximum Gasteiger partial charge on any atom is 0.125 e. The van der Waals surface area contributed by atoms with Crippen molar-refractivity contribution in [2.24, 2.45) is 23.2 Å². The van der Waals surface area contributed by atoms with Crippen LogP contribution in [0.1, 0.15) is 38.9 Å². The molecule has 0 radical (unpaired) electrons. The van der Waals surface area contributed by atoms with Crippen molar-refractivity contribution in [2.45, 2.75) is 38.9 Å². The highest BCUT2D eigenvalue weighted by molar-refractivity contribution is 5.40. The van der Waals surface area contributed by atoms with Gasteiger partial charge in [0, 0.05) is 16.9 Å². The number of benzene rings is 1. The Kier molecular flexibility index (Phi) is 2.74. The van der Waals surface area contributed by atoms with E-state index in [-0.39, 0.29) is 23.7 Å². The van der Waals surface area contributed by atoms with Gasteiger partial charge in [0.1, 0.15) is 11.4 Å². The highest BCUT2D eigenvalue weighted by Gasteiger charge is 2.64. The minimum atomic E-state index is -0.197. The van der Waals surface area contributed by atoms with Gasteiger partial charge in [0.05, 0.1) is 19.3 Å². The van der Waals surface area contributed by atoms with Gasteiger partial charge in [-0.05, 0) is 31.2 Å². The van der Waals surface area contributed by atoms with Gasteiger partial charge < -0.3 is 14.6 Å². The molecular formula is C18H24O3. The number of para-hydroxylation sites is 1. The van der Waals surface area contributed by atoms with Gasteiger partial charge in [-0.2, -0.15) is 0 Å². The molecule has 1 saturated heterocycles. The average Bonchev–Trinajstić information content (AvgIpc) is 2.46. The van der Waals surface area contributed by atoms with E-state index in [0.717, 1.165) is 12.2 Å². The third kappa shape index (κ3) is 1.56. The van der Waals surface area contributed by atoms with E-state index < -0.39 is 0 Å². The molecule has 114 valence electrons. The monoisotopic (exact) mass is 288 g/mol. The first-order valence-corrected chi connectivity index (χ1v) is 8.02. The Labute approximate surface area is 126 Å². The van der Waals surface area contributed by atoms with Gasteiger partial charge in [-0.3, -0.25) is 0 Å². The summed E-state index contributed by atoms with van der Waals surface area (Å²) in [5, 5.41) is 10.1. The number of hydrogen-bond acceptors (Lipinski definition) is 3. The number of aliphatic hydroxyl groups excluding tert-OH is 1. The fourth-order valence-corrected chi connectivity index (χ4v) is 5.29. The molecule has 0 amide bonds. The van der Waals surface area contributed by atoms with E-state index in [9.17, 15) is 5.11 Å². The first-order chi connectivity index (χ1) is 10.0. The molecule has 0 spiro atoms. The number of ether oxygens (including phenoxy) is 2. The van der Waals surface area contributed by atoms with Crippen LogP contribution in [0, 0.1) is 23.2 Å². The molecular weight excluding hydrogens is 264 g/mol. The van der Waals surface area contributed by atoms with Crippen LogP contribution >= 0.6 is 0 Å². The fraction of sp³-hybridized carbons (Fsp3) is 0.667. The van der Waals surface area contributed by atoms with Crippen molar-refractivity contribution in [3.63, 3.8) is 0 Å². The Bertz CT molecular complexity index is 571. The first-order valence-electron chi connectivity index (χ1n) is 8.02. The molecule has 0 unspecified atom stereocenters. The lowest BCUT2D eigenvalue weighted by atomic mass is 9.50. The summed E-state index contributed by atoms with van der Waals surface area (Å²) in [6, 6.07) is 8.26. The van der Waals surface area contributed by atoms with Crippen molar-refractivity contribution < 1.29 is 14.6 Å². The normalized spacial score (nSPS) is 47.4. The van der Waals surface area contributed by atoms with Gasteiger partial charge in [-0.1, -0.05) is 32.0 Å². The maximum absolute atomic E-state index is 10.1. The highest BCUT2D eigenvalue weighted by atomic mass is 16.5. The smallest absolute Gasteiger partial charge is 0.125 e. The predicted molar refractivity (Wildman–Crippen MR) is 80.1 cm³/mol. The van der Waals surface area contributed by atoms with Crippen LogP contribution in [0.25, 0.3) is 0 Å². The molecule has 3 heteroatoms. The fourth-order valence-electron chi connectivity index (χ4n) is 5.29. The predicted octanol–water partition coefficient (Wildman–Crippen LogP) is 3.18. The number of hydrogen-bond donors (Lipinski definition) is 1. The zero-order chi connectivity index (χ0) is 14.8. The van der Waals surface area contributed by atoms with Crippen LogP contribution in [0.5, 0.6) is 5.75 Å². The van der Waals surface area contributed by atoms with Crippen LogP contribution in [0.2, 0.25) is 0 Å². The van der Waals surface area contributed by atoms with Gasteiger partial charge in [0.2, 0.25) is 0 Å². The van der Waals surface area contributed by atoms with Crippen molar-refractivity contribution in [1.29, 1.82) is 0 Å². The van der Waals surface area contributed by atoms with Gasteiger partial charge >= 0.3 is 0 Å². The van der Waals surface area contributed by atoms with E-state index in [1.165, 1.54) is 5.56 Å². The Morgan fingerprint density at radius 3 is 2.81 bits per heavy atom. The van der Waals surface area contributed by atoms with Gasteiger partial charge in [0.15, 0.2) is 0 Å². The van der Waals surface area contributed by atoms with Gasteiger partial charge in [-0.25, -0.2) is 0 Å². The van der Waals surface area contributed by atoms with Crippen molar-refractivity contribution in [3.05, 3.63) is 29.8 Å². The van der Waals surface area contributed by atoms with Crippen LogP contribution in [0.3, 0.4) is 0 Å². The Balaban J connectivity index is 1.87. The molecule has 2 heterocycles. The molecule has 3 nitrogen and oxygen atoms in total. The summed E-state index contributed by atoms with van der Waals surface area (Å²) in [4.78, 5) is 0. The largest absolute Gasteiger partial charge is 0.487 e. The SMILES string of the molecule is C[C@@H]1C[C@]2(C)Oc3ccccc3[C@H]3OC[C@@]1(CO)[C@H](C)[C@@H]32. The Morgan fingerprint density at radius 2 is 2.05 bits per heavy atom. The maximum atomic E-state index is 10.1. The van der Waals surface area contributed by atoms with Crippen molar-refractivity contribution in [1.82, 2.24) is 0 Å². The molecule has 1 aliphatic carbocycles. The number of fused-ring (bicyclic) bond motifs is 3. The topological polar surface area (TPSA) is 38.7 Å². The summed E-state index contributed by atoms with van der Waals surface area (Å²) >= 11 is 0. The molecule has 2 aliphatic heterocycles. The Morgan fingerprint density at radius 1 is 1.29 bits per heavy atom. The highest BCUT2D eigenvalue weighted by Crippen LogP contribution is 2.63. The molecule has 1 aromatic carbocycles. The van der Waals surface area contributed by atoms with E-state index >= 15 is 0 Å². The molecule has 1 N–H and O–H groups in total. The van der Waals surface area contributed by atoms with Gasteiger partial charge in [0.25, 0.3) is 0 Å². The first kappa shape index (κ1) is 13.6. The zero-order valence-corrected chi connectivity index (χ0v) is 13.0. The molecule has 21 heavy (non-hydrogen) atoms. The summed E-state index contributed by atoms with van der Waals surface area (Å²) < 4.78 is 12.7. The number of rotatable bonds is 1. The van der Waals surface area contributed by atoms with E-state index in [1.807, 2.05) is 6.07 Å². The summed E-state index contributed by atoms with van der Waals surface area (Å²) in [5.74, 6) is 2.07. The molecule has 3 aliphatic rings. The lowest BCUT2D eigenvalue weighted by molar-refractivity contribution is -0.260. The van der Waals surface area contributed by atoms with Crippen LogP contribution in [-0.2, 0) is 4.74 Å². The van der Waals surface area contributed by atoms with Gasteiger partial charge in [-0.15, -0.1) is 0 Å². The molecule has 2 fully saturated rings. The van der Waals surface area contributed by atoms with Crippen LogP contribution in [-0.4, -0.2) is 23.9 Å². The lowest BCUT2D eigenvalue weighted by Gasteiger charge is -2.63. The second-order valence-corrected chi connectivity index (χ2v) is 7.50. The molecule has 0 aromatic heterocycles. The van der Waals surface area contributed by atoms with E-state index in [2.05, 4.69) is 39.0 Å². The number of aliphatic hydroxyl groups is 1. The minimum Gasteiger partial charge on any atom is -0.487 e. The Hall–Kier alpha value is -1.06. The second-order valence-electron chi connectivity index (χ2n) is 7.50. The van der Waals surface area contributed by atoms with E-state index in [4.69, 9.17) is 9.47 Å². The van der Waals surface area contributed by atoms with Crippen molar-refractivity contribution in [2.75, 3.05) is 13.2 Å². The average molecular weight is 288 g/mol. The second kappa shape index (κ2) is 4.23. The molecule has 1 aromatic rings. The molecule has 6 atom stereocenters. The summed E-state index contributed by atoms with van der Waals surface area (Å²) in [7, 11) is 0. The van der Waals surface area contributed by atoms with Crippen molar-refractivity contribution in [3.8, 4) is 5.75 Å². The molecule has 2 bridgehead atoms. The molecule has 4 rings (SSSR count). The third-order valence-corrected chi connectivity index (χ3v) is 6.56. The van der Waals surface area contributed by atoms with E-state index in [0.29, 0.717) is 24.4 Å². The van der Waals surface area contributed by atoms with Crippen LogP contribution in [0.15, 0.2) is 24.3 Å². The van der Waals surface area contributed by atoms with Crippen LogP contribution < -0.4 is 4.74 Å². The summed E-state index contributed by atoms with van der Waals surface area (Å²) in [6.45, 7) is 7.60. The zero-order valence-electron chi connectivity index (χ0n) is 13.0. The van der Waals surface area contributed by atoms with Crippen LogP contribution in [0.4, 0.5) is 0 Å². The lowest BCUT2D eigenvalue weighted by Crippen LogP contribution is -2.65. The quantitative estimate of drug-likeness (QED) is 0.862. The standard InChI is InChI=1S/C18H24O3/c1-11-8-17(3)15-12(2)18(11,9-19)10-20-16(15)13-6-4-5-7-14(13)21-17/h4-7,11-12,15-16,19H,8-10H2,1-3H3/t11-,12-,15+,16-,17+,18-/m1/s1. The summed E-state index contributed by atoms with van der Waals surface area (Å²) in [6.07, 6.45) is 1.08. The van der Waals surface area contributed by atoms with E-state index in [1.54, 1.807) is 0 Å². The molecule has 1 saturated carbocycles. The summed E-state index contributed by atoms with van der Waals surface area (Å²) in [5.41, 5.74) is 0.862. The third-order valence-electron chi connectivity index (χ3n) is 6.56. The minimum absolute atomic E-state index is 0.0992. The van der Waals surface area contributed by atoms with Crippen molar-refractivity contribution >= 4 is 0 Å².